The summed E-state index contributed by atoms with van der Waals surface area (Å²) >= 11 is 0. The first-order valence-electron chi connectivity index (χ1n) is 8.32. The van der Waals surface area contributed by atoms with Crippen LogP contribution in [-0.4, -0.2) is 17.1 Å². The highest BCUT2D eigenvalue weighted by Crippen LogP contribution is 2.51. The Morgan fingerprint density at radius 2 is 1.03 bits per heavy atom. The average molecular weight is 412 g/mol. The van der Waals surface area contributed by atoms with Crippen LogP contribution in [0.3, 0.4) is 0 Å². The van der Waals surface area contributed by atoms with Gasteiger partial charge in [-0.05, 0) is 47.5 Å². The number of hydrogen-bond donors (Lipinski definition) is 1. The Morgan fingerprint density at radius 1 is 0.621 bits per heavy atom. The molecule has 0 aliphatic heterocycles. The van der Waals surface area contributed by atoms with Crippen molar-refractivity contribution >= 4 is 0 Å². The van der Waals surface area contributed by atoms with Crippen LogP contribution in [0.25, 0.3) is 0 Å². The molecule has 2 nitrogen and oxygen atoms in total. The maximum absolute atomic E-state index is 15.2. The molecule has 0 aliphatic rings. The molecule has 0 aliphatic carbocycles. The fourth-order valence-corrected chi connectivity index (χ4v) is 2.82. The van der Waals surface area contributed by atoms with Crippen LogP contribution < -0.4 is 4.74 Å². The predicted molar refractivity (Wildman–Crippen MR) is 92.8 cm³/mol. The first-order valence-corrected chi connectivity index (χ1v) is 8.32. The number of halogens is 6. The van der Waals surface area contributed by atoms with Gasteiger partial charge in [-0.3, -0.25) is 0 Å². The van der Waals surface area contributed by atoms with E-state index in [4.69, 9.17) is 0 Å². The van der Waals surface area contributed by atoms with Gasteiger partial charge in [0.25, 0.3) is 0 Å². The van der Waals surface area contributed by atoms with Crippen LogP contribution in [0.5, 0.6) is 5.75 Å². The molecule has 8 heteroatoms. The van der Waals surface area contributed by atoms with Gasteiger partial charge in [0.1, 0.15) is 17.4 Å². The van der Waals surface area contributed by atoms with Crippen molar-refractivity contribution in [1.82, 2.24) is 0 Å². The lowest BCUT2D eigenvalue weighted by Crippen LogP contribution is -2.59. The van der Waals surface area contributed by atoms with E-state index in [9.17, 15) is 22.7 Å². The summed E-state index contributed by atoms with van der Waals surface area (Å²) in [4.78, 5) is 0. The van der Waals surface area contributed by atoms with E-state index in [1.807, 2.05) is 0 Å². The molecule has 3 rings (SSSR count). The molecule has 0 amide bonds. The predicted octanol–water partition coefficient (Wildman–Crippen LogP) is 5.51. The largest absolute Gasteiger partial charge is 0.468 e. The van der Waals surface area contributed by atoms with Gasteiger partial charge in [-0.1, -0.05) is 42.5 Å². The van der Waals surface area contributed by atoms with Gasteiger partial charge in [0.2, 0.25) is 0 Å². The maximum atomic E-state index is 15.2. The first kappa shape index (κ1) is 20.7. The molecule has 3 aromatic carbocycles. The minimum absolute atomic E-state index is 0.558. The standard InChI is InChI=1S/C21H14F6O2/c22-16-10-6-14(7-11-16)19(28,15-8-12-17(23)13-9-15)20(24,25)21(26,27)29-18-4-2-1-3-5-18/h1-13,28H. The smallest absolute Gasteiger partial charge is 0.428 e. The summed E-state index contributed by atoms with van der Waals surface area (Å²) in [5.41, 5.74) is -5.12. The summed E-state index contributed by atoms with van der Waals surface area (Å²) in [5.74, 6) is -7.46. The number of benzene rings is 3. The molecule has 152 valence electrons. The third-order valence-electron chi connectivity index (χ3n) is 4.33. The van der Waals surface area contributed by atoms with E-state index in [1.165, 1.54) is 18.2 Å². The van der Waals surface area contributed by atoms with Crippen molar-refractivity contribution in [3.8, 4) is 5.75 Å². The monoisotopic (exact) mass is 412 g/mol. The molecule has 0 unspecified atom stereocenters. The fraction of sp³-hybridized carbons (Fsp3) is 0.143. The first-order chi connectivity index (χ1) is 13.6. The topological polar surface area (TPSA) is 29.5 Å². The fourth-order valence-electron chi connectivity index (χ4n) is 2.82. The highest BCUT2D eigenvalue weighted by atomic mass is 19.3. The zero-order valence-corrected chi connectivity index (χ0v) is 14.6. The van der Waals surface area contributed by atoms with Crippen LogP contribution >= 0.6 is 0 Å². The Balaban J connectivity index is 2.15. The number of hydrogen-bond acceptors (Lipinski definition) is 2. The summed E-state index contributed by atoms with van der Waals surface area (Å²) in [7, 11) is 0. The molecule has 0 aromatic heterocycles. The number of alkyl halides is 4. The van der Waals surface area contributed by atoms with Crippen molar-refractivity contribution in [3.05, 3.63) is 102 Å². The van der Waals surface area contributed by atoms with Crippen molar-refractivity contribution in [2.75, 3.05) is 0 Å². The molecule has 29 heavy (non-hydrogen) atoms. The Morgan fingerprint density at radius 3 is 1.45 bits per heavy atom. The highest BCUT2D eigenvalue weighted by molar-refractivity contribution is 5.40. The second-order valence-corrected chi connectivity index (χ2v) is 6.23. The van der Waals surface area contributed by atoms with E-state index >= 15 is 8.78 Å². The van der Waals surface area contributed by atoms with Gasteiger partial charge in [-0.15, -0.1) is 0 Å². The molecule has 0 spiro atoms. The van der Waals surface area contributed by atoms with Crippen molar-refractivity contribution in [2.45, 2.75) is 17.6 Å². The zero-order chi connectivity index (χ0) is 21.3. The molecule has 0 saturated carbocycles. The minimum atomic E-state index is -5.24. The summed E-state index contributed by atoms with van der Waals surface area (Å²) in [6.07, 6.45) is -5.19. The highest BCUT2D eigenvalue weighted by Gasteiger charge is 2.72. The van der Waals surface area contributed by atoms with Crippen LogP contribution in [0.2, 0.25) is 0 Å². The van der Waals surface area contributed by atoms with Crippen molar-refractivity contribution < 1.29 is 36.2 Å². The quantitative estimate of drug-likeness (QED) is 0.541. The van der Waals surface area contributed by atoms with Crippen LogP contribution in [-0.2, 0) is 5.60 Å². The molecule has 0 fully saturated rings. The molecule has 0 bridgehead atoms. The lowest BCUT2D eigenvalue weighted by Gasteiger charge is -2.39. The van der Waals surface area contributed by atoms with E-state index in [1.54, 1.807) is 0 Å². The van der Waals surface area contributed by atoms with Gasteiger partial charge in [0, 0.05) is 0 Å². The van der Waals surface area contributed by atoms with Crippen molar-refractivity contribution in [3.63, 3.8) is 0 Å². The van der Waals surface area contributed by atoms with E-state index in [0.29, 0.717) is 0 Å². The Kier molecular flexibility index (Phi) is 5.32. The number of ether oxygens (including phenoxy) is 1. The lowest BCUT2D eigenvalue weighted by atomic mass is 9.80. The van der Waals surface area contributed by atoms with E-state index in [2.05, 4.69) is 4.74 Å². The molecule has 3 aromatic rings. The second kappa shape index (κ2) is 7.44. The Labute approximate surface area is 162 Å². The van der Waals surface area contributed by atoms with Crippen molar-refractivity contribution in [2.24, 2.45) is 0 Å². The number of para-hydroxylation sites is 1. The van der Waals surface area contributed by atoms with Gasteiger partial charge in [0.15, 0.2) is 5.60 Å². The third kappa shape index (κ3) is 3.67. The van der Waals surface area contributed by atoms with Gasteiger partial charge in [-0.25, -0.2) is 8.78 Å². The maximum Gasteiger partial charge on any atom is 0.468 e. The van der Waals surface area contributed by atoms with Gasteiger partial charge < -0.3 is 9.84 Å². The molecule has 1 N–H and O–H groups in total. The van der Waals surface area contributed by atoms with Crippen LogP contribution in [0.4, 0.5) is 26.3 Å². The third-order valence-corrected chi connectivity index (χ3v) is 4.33. The summed E-state index contributed by atoms with van der Waals surface area (Å²) in [6, 6.07) is 12.0. The van der Waals surface area contributed by atoms with Gasteiger partial charge >= 0.3 is 12.0 Å². The number of aliphatic hydroxyl groups is 1. The van der Waals surface area contributed by atoms with E-state index in [0.717, 1.165) is 60.7 Å². The van der Waals surface area contributed by atoms with Gasteiger partial charge in [-0.2, -0.15) is 17.6 Å². The van der Waals surface area contributed by atoms with E-state index in [-0.39, 0.29) is 0 Å². The van der Waals surface area contributed by atoms with Crippen LogP contribution in [0.15, 0.2) is 78.9 Å². The summed E-state index contributed by atoms with van der Waals surface area (Å²) in [5, 5.41) is 10.9. The number of rotatable bonds is 6. The molecular formula is C21H14F6O2. The van der Waals surface area contributed by atoms with Crippen LogP contribution in [0.1, 0.15) is 11.1 Å². The van der Waals surface area contributed by atoms with Gasteiger partial charge in [0.05, 0.1) is 0 Å². The Bertz CT molecular complexity index is 911. The molecule has 0 atom stereocenters. The normalized spacial score (nSPS) is 12.7. The molecular weight excluding hydrogens is 398 g/mol. The molecule has 0 radical (unpaired) electrons. The van der Waals surface area contributed by atoms with E-state index < -0.39 is 46.1 Å². The SMILES string of the molecule is OC(c1ccc(F)cc1)(c1ccc(F)cc1)C(F)(F)C(F)(F)Oc1ccccc1. The average Bonchev–Trinajstić information content (AvgIpc) is 2.68. The Hall–Kier alpha value is -3.00. The zero-order valence-electron chi connectivity index (χ0n) is 14.6. The minimum Gasteiger partial charge on any atom is -0.428 e. The van der Waals surface area contributed by atoms with Crippen molar-refractivity contribution in [1.29, 1.82) is 0 Å². The second-order valence-electron chi connectivity index (χ2n) is 6.23. The van der Waals surface area contributed by atoms with Crippen LogP contribution in [0, 0.1) is 11.6 Å². The molecule has 0 heterocycles. The lowest BCUT2D eigenvalue weighted by molar-refractivity contribution is -0.356. The summed E-state index contributed by atoms with van der Waals surface area (Å²) < 4.78 is 90.4. The molecule has 0 saturated heterocycles. The summed E-state index contributed by atoms with van der Waals surface area (Å²) in [6.45, 7) is 0.